The van der Waals surface area contributed by atoms with Gasteiger partial charge in [-0.15, -0.1) is 0 Å². The first-order chi connectivity index (χ1) is 9.31. The molecular weight excluding hydrogens is 238 g/mol. The van der Waals surface area contributed by atoms with E-state index in [9.17, 15) is 0 Å². The Bertz CT molecular complexity index is 166. The second kappa shape index (κ2) is 15.9. The zero-order valence-corrected chi connectivity index (χ0v) is 12.9. The van der Waals surface area contributed by atoms with E-state index in [4.69, 9.17) is 5.73 Å². The monoisotopic (exact) mass is 273 g/mol. The van der Waals surface area contributed by atoms with Crippen molar-refractivity contribution in [2.75, 3.05) is 52.9 Å². The Morgan fingerprint density at radius 2 is 1.47 bits per heavy atom. The molecule has 0 aromatic rings. The third kappa shape index (κ3) is 15.7. The first kappa shape index (κ1) is 18.8. The van der Waals surface area contributed by atoms with Gasteiger partial charge in [0.25, 0.3) is 0 Å². The quantitative estimate of drug-likeness (QED) is 0.269. The van der Waals surface area contributed by atoms with Gasteiger partial charge in [0.05, 0.1) is 0 Å². The lowest BCUT2D eigenvalue weighted by molar-refractivity contribution is 0.497. The van der Waals surface area contributed by atoms with E-state index in [1.54, 1.807) is 0 Å². The van der Waals surface area contributed by atoms with Crippen molar-refractivity contribution in [2.24, 2.45) is 5.73 Å². The van der Waals surface area contributed by atoms with Gasteiger partial charge in [-0.2, -0.15) is 0 Å². The maximum atomic E-state index is 6.09. The molecule has 1 atom stereocenters. The van der Waals surface area contributed by atoms with Crippen LogP contribution in [0.5, 0.6) is 0 Å². The number of hydrogen-bond acceptors (Lipinski definition) is 5. The highest BCUT2D eigenvalue weighted by atomic mass is 14.9. The van der Waals surface area contributed by atoms with Gasteiger partial charge >= 0.3 is 0 Å². The lowest BCUT2D eigenvalue weighted by atomic mass is 10.1. The standard InChI is InChI=1S/C14H35N5/c1-3-17-12-13-19-9-7-14(15)6-4-5-8-18-11-10-16-2/h14,16-19H,3-13,15H2,1-2H3. The molecule has 0 aromatic heterocycles. The van der Waals surface area contributed by atoms with E-state index in [2.05, 4.69) is 28.2 Å². The summed E-state index contributed by atoms with van der Waals surface area (Å²) in [6.07, 6.45) is 4.68. The van der Waals surface area contributed by atoms with Crippen molar-refractivity contribution in [3.05, 3.63) is 0 Å². The molecule has 6 N–H and O–H groups in total. The molecule has 0 aliphatic rings. The maximum absolute atomic E-state index is 6.09. The summed E-state index contributed by atoms with van der Waals surface area (Å²) in [6.45, 7) is 9.49. The number of hydrogen-bond donors (Lipinski definition) is 5. The first-order valence-electron chi connectivity index (χ1n) is 7.83. The summed E-state index contributed by atoms with van der Waals surface area (Å²) >= 11 is 0. The minimum Gasteiger partial charge on any atom is -0.328 e. The van der Waals surface area contributed by atoms with Crippen LogP contribution >= 0.6 is 0 Å². The largest absolute Gasteiger partial charge is 0.328 e. The average molecular weight is 273 g/mol. The van der Waals surface area contributed by atoms with Crippen LogP contribution in [0.1, 0.15) is 32.6 Å². The van der Waals surface area contributed by atoms with Crippen LogP contribution in [-0.4, -0.2) is 58.9 Å². The van der Waals surface area contributed by atoms with E-state index in [1.165, 1.54) is 12.8 Å². The highest BCUT2D eigenvalue weighted by Gasteiger charge is 2.01. The van der Waals surface area contributed by atoms with Crippen LogP contribution in [-0.2, 0) is 0 Å². The Morgan fingerprint density at radius 1 is 0.789 bits per heavy atom. The van der Waals surface area contributed by atoms with E-state index in [0.717, 1.165) is 58.7 Å². The van der Waals surface area contributed by atoms with Gasteiger partial charge in [-0.25, -0.2) is 0 Å². The Morgan fingerprint density at radius 3 is 2.21 bits per heavy atom. The number of nitrogens with one attached hydrogen (secondary N) is 4. The fraction of sp³-hybridized carbons (Fsp3) is 1.00. The molecule has 19 heavy (non-hydrogen) atoms. The van der Waals surface area contributed by atoms with Crippen LogP contribution in [0.2, 0.25) is 0 Å². The summed E-state index contributed by atoms with van der Waals surface area (Å²) in [7, 11) is 1.98. The zero-order valence-electron chi connectivity index (χ0n) is 12.9. The van der Waals surface area contributed by atoms with Crippen molar-refractivity contribution < 1.29 is 0 Å². The molecule has 116 valence electrons. The Labute approximate surface area is 119 Å². The van der Waals surface area contributed by atoms with Crippen molar-refractivity contribution in [3.8, 4) is 0 Å². The van der Waals surface area contributed by atoms with Crippen molar-refractivity contribution in [2.45, 2.75) is 38.6 Å². The fourth-order valence-corrected chi connectivity index (χ4v) is 1.91. The summed E-state index contributed by atoms with van der Waals surface area (Å²) in [5.74, 6) is 0. The maximum Gasteiger partial charge on any atom is 0.00767 e. The molecule has 0 spiro atoms. The third-order valence-electron chi connectivity index (χ3n) is 3.15. The van der Waals surface area contributed by atoms with E-state index >= 15 is 0 Å². The molecule has 0 heterocycles. The summed E-state index contributed by atoms with van der Waals surface area (Å²) in [5, 5.41) is 13.2. The number of nitrogens with two attached hydrogens (primary N) is 1. The molecule has 0 radical (unpaired) electrons. The summed E-state index contributed by atoms with van der Waals surface area (Å²) in [4.78, 5) is 0. The molecule has 5 nitrogen and oxygen atoms in total. The Kier molecular flexibility index (Phi) is 15.7. The predicted molar refractivity (Wildman–Crippen MR) is 84.7 cm³/mol. The predicted octanol–water partition coefficient (Wildman–Crippen LogP) is -0.118. The molecule has 0 saturated heterocycles. The molecule has 0 amide bonds. The first-order valence-corrected chi connectivity index (χ1v) is 7.83. The summed E-state index contributed by atoms with van der Waals surface area (Å²) in [6, 6.07) is 0.351. The number of unbranched alkanes of at least 4 members (excludes halogenated alkanes) is 1. The smallest absolute Gasteiger partial charge is 0.00767 e. The van der Waals surface area contributed by atoms with Gasteiger partial charge in [0.1, 0.15) is 0 Å². The molecule has 0 rings (SSSR count). The van der Waals surface area contributed by atoms with Crippen LogP contribution in [0, 0.1) is 0 Å². The molecule has 0 aliphatic heterocycles. The van der Waals surface area contributed by atoms with Crippen LogP contribution in [0.15, 0.2) is 0 Å². The van der Waals surface area contributed by atoms with Crippen molar-refractivity contribution >= 4 is 0 Å². The fourth-order valence-electron chi connectivity index (χ4n) is 1.91. The topological polar surface area (TPSA) is 74.1 Å². The molecule has 0 fully saturated rings. The number of rotatable bonds is 15. The SMILES string of the molecule is CCNCCNCCC(N)CCCCNCCNC. The van der Waals surface area contributed by atoms with Crippen LogP contribution < -0.4 is 27.0 Å². The van der Waals surface area contributed by atoms with Gasteiger partial charge < -0.3 is 27.0 Å². The second-order valence-electron chi connectivity index (χ2n) is 5.00. The van der Waals surface area contributed by atoms with Crippen LogP contribution in [0.3, 0.4) is 0 Å². The minimum atomic E-state index is 0.351. The van der Waals surface area contributed by atoms with Gasteiger partial charge in [0.15, 0.2) is 0 Å². The minimum absolute atomic E-state index is 0.351. The normalized spacial score (nSPS) is 12.8. The van der Waals surface area contributed by atoms with Crippen molar-refractivity contribution in [1.29, 1.82) is 0 Å². The molecular formula is C14H35N5. The summed E-state index contributed by atoms with van der Waals surface area (Å²) < 4.78 is 0. The van der Waals surface area contributed by atoms with Crippen LogP contribution in [0.4, 0.5) is 0 Å². The summed E-state index contributed by atoms with van der Waals surface area (Å²) in [5.41, 5.74) is 6.09. The van der Waals surface area contributed by atoms with Crippen LogP contribution in [0.25, 0.3) is 0 Å². The van der Waals surface area contributed by atoms with Gasteiger partial charge in [-0.1, -0.05) is 13.3 Å². The van der Waals surface area contributed by atoms with E-state index in [-0.39, 0.29) is 0 Å². The highest BCUT2D eigenvalue weighted by molar-refractivity contribution is 4.64. The molecule has 1 unspecified atom stereocenters. The van der Waals surface area contributed by atoms with E-state index in [0.29, 0.717) is 6.04 Å². The molecule has 0 aromatic carbocycles. The number of likely N-dealkylation sites (N-methyl/N-ethyl adjacent to an activating group) is 2. The average Bonchev–Trinajstić information content (AvgIpc) is 2.41. The van der Waals surface area contributed by atoms with Gasteiger partial charge in [-0.05, 0) is 45.9 Å². The lowest BCUT2D eigenvalue weighted by Crippen LogP contribution is -2.31. The van der Waals surface area contributed by atoms with Gasteiger partial charge in [0, 0.05) is 32.2 Å². The van der Waals surface area contributed by atoms with Gasteiger partial charge in [-0.3, -0.25) is 0 Å². The Balaban J connectivity index is 3.10. The molecule has 0 saturated carbocycles. The van der Waals surface area contributed by atoms with E-state index in [1.807, 2.05) is 7.05 Å². The van der Waals surface area contributed by atoms with E-state index < -0.39 is 0 Å². The Hall–Kier alpha value is -0.200. The molecule has 0 aliphatic carbocycles. The van der Waals surface area contributed by atoms with Crippen molar-refractivity contribution in [1.82, 2.24) is 21.3 Å². The zero-order chi connectivity index (χ0) is 14.2. The van der Waals surface area contributed by atoms with Gasteiger partial charge in [0.2, 0.25) is 0 Å². The molecule has 5 heteroatoms. The van der Waals surface area contributed by atoms with Crippen molar-refractivity contribution in [3.63, 3.8) is 0 Å². The molecule has 0 bridgehead atoms. The third-order valence-corrected chi connectivity index (χ3v) is 3.15. The lowest BCUT2D eigenvalue weighted by Gasteiger charge is -2.12. The second-order valence-corrected chi connectivity index (χ2v) is 5.00. The highest BCUT2D eigenvalue weighted by Crippen LogP contribution is 2.00.